The van der Waals surface area contributed by atoms with Gasteiger partial charge in [0.1, 0.15) is 5.82 Å². The molecule has 0 aliphatic carbocycles. The van der Waals surface area contributed by atoms with E-state index in [1.165, 1.54) is 12.1 Å². The number of benzene rings is 1. The van der Waals surface area contributed by atoms with E-state index in [1.807, 2.05) is 18.2 Å². The van der Waals surface area contributed by atoms with Crippen LogP contribution in [-0.4, -0.2) is 53.3 Å². The maximum atomic E-state index is 13.1. The van der Waals surface area contributed by atoms with Crippen LogP contribution in [0.25, 0.3) is 0 Å². The molecule has 5 nitrogen and oxygen atoms in total. The minimum atomic E-state index is -0.187. The Balaban J connectivity index is 1.45. The van der Waals surface area contributed by atoms with Gasteiger partial charge in [-0.1, -0.05) is 12.1 Å². The highest BCUT2D eigenvalue weighted by Gasteiger charge is 2.41. The normalized spacial score (nSPS) is 24.6. The van der Waals surface area contributed by atoms with Crippen molar-refractivity contribution in [3.8, 4) is 0 Å². The molecular formula is C19H23FN4O. The molecule has 2 fully saturated rings. The van der Waals surface area contributed by atoms with Crippen LogP contribution in [0.4, 0.5) is 10.3 Å². The molecule has 0 N–H and O–H groups in total. The van der Waals surface area contributed by atoms with Crippen molar-refractivity contribution in [3.63, 3.8) is 0 Å². The number of hydrogen-bond donors (Lipinski definition) is 0. The summed E-state index contributed by atoms with van der Waals surface area (Å²) in [5.41, 5.74) is 0.966. The summed E-state index contributed by atoms with van der Waals surface area (Å²) in [6, 6.07) is 8.62. The Morgan fingerprint density at radius 2 is 1.88 bits per heavy atom. The first-order valence-electron chi connectivity index (χ1n) is 8.85. The van der Waals surface area contributed by atoms with Gasteiger partial charge >= 0.3 is 0 Å². The Morgan fingerprint density at radius 1 is 1.08 bits per heavy atom. The topological polar surface area (TPSA) is 41.5 Å². The van der Waals surface area contributed by atoms with Crippen LogP contribution in [0.2, 0.25) is 0 Å². The standard InChI is InChI=1S/C19H23FN4O/c20-17-5-3-16(4-6-17)13-23-11-12-25-19(14-23)7-1-10-24(15-19)18-21-8-2-9-22-18/h2-6,8-9H,1,7,10-15H2/t19-/m0/s1. The number of morpholine rings is 1. The van der Waals surface area contributed by atoms with Crippen LogP contribution in [0.3, 0.4) is 0 Å². The number of rotatable bonds is 3. The molecule has 4 rings (SSSR count). The lowest BCUT2D eigenvalue weighted by Gasteiger charge is -2.48. The SMILES string of the molecule is Fc1ccc(CN2CCO[C@@]3(CCCN(c4ncccn4)C3)C2)cc1. The average Bonchev–Trinajstić information content (AvgIpc) is 2.65. The molecule has 1 aromatic heterocycles. The highest BCUT2D eigenvalue weighted by molar-refractivity contribution is 5.31. The van der Waals surface area contributed by atoms with Gasteiger partial charge < -0.3 is 9.64 Å². The second kappa shape index (κ2) is 7.06. The molecule has 3 heterocycles. The predicted octanol–water partition coefficient (Wildman–Crippen LogP) is 2.49. The van der Waals surface area contributed by atoms with E-state index in [4.69, 9.17) is 4.74 Å². The molecule has 0 amide bonds. The molecule has 132 valence electrons. The largest absolute Gasteiger partial charge is 0.370 e. The van der Waals surface area contributed by atoms with Crippen LogP contribution in [-0.2, 0) is 11.3 Å². The van der Waals surface area contributed by atoms with Crippen molar-refractivity contribution in [1.82, 2.24) is 14.9 Å². The molecule has 1 spiro atoms. The molecule has 0 bridgehead atoms. The third-order valence-electron chi connectivity index (χ3n) is 5.02. The summed E-state index contributed by atoms with van der Waals surface area (Å²) in [4.78, 5) is 13.4. The van der Waals surface area contributed by atoms with Crippen LogP contribution in [0.15, 0.2) is 42.7 Å². The predicted molar refractivity (Wildman–Crippen MR) is 93.8 cm³/mol. The molecule has 25 heavy (non-hydrogen) atoms. The van der Waals surface area contributed by atoms with E-state index in [0.29, 0.717) is 0 Å². The lowest BCUT2D eigenvalue weighted by atomic mass is 9.90. The second-order valence-electron chi connectivity index (χ2n) is 6.94. The number of piperidine rings is 1. The van der Waals surface area contributed by atoms with Gasteiger partial charge in [-0.25, -0.2) is 14.4 Å². The summed E-state index contributed by atoms with van der Waals surface area (Å²) in [6.07, 6.45) is 5.69. The molecular weight excluding hydrogens is 319 g/mol. The monoisotopic (exact) mass is 342 g/mol. The van der Waals surface area contributed by atoms with E-state index in [9.17, 15) is 4.39 Å². The fourth-order valence-electron chi connectivity index (χ4n) is 3.88. The van der Waals surface area contributed by atoms with Crippen molar-refractivity contribution in [3.05, 3.63) is 54.1 Å². The highest BCUT2D eigenvalue weighted by atomic mass is 19.1. The molecule has 2 saturated heterocycles. The summed E-state index contributed by atoms with van der Waals surface area (Å²) < 4.78 is 19.4. The molecule has 0 radical (unpaired) electrons. The summed E-state index contributed by atoms with van der Waals surface area (Å²) in [6.45, 7) is 5.12. The number of aromatic nitrogens is 2. The summed E-state index contributed by atoms with van der Waals surface area (Å²) in [7, 11) is 0. The Kier molecular flexibility index (Phi) is 4.63. The lowest BCUT2D eigenvalue weighted by Crippen LogP contribution is -2.59. The zero-order chi connectivity index (χ0) is 17.1. The minimum Gasteiger partial charge on any atom is -0.370 e. The molecule has 1 aromatic carbocycles. The highest BCUT2D eigenvalue weighted by Crippen LogP contribution is 2.31. The quantitative estimate of drug-likeness (QED) is 0.857. The van der Waals surface area contributed by atoms with E-state index >= 15 is 0 Å². The van der Waals surface area contributed by atoms with Gasteiger partial charge in [-0.05, 0) is 36.6 Å². The first-order valence-corrected chi connectivity index (χ1v) is 8.85. The number of halogens is 1. The molecule has 0 unspecified atom stereocenters. The van der Waals surface area contributed by atoms with Crippen LogP contribution in [0.5, 0.6) is 0 Å². The number of ether oxygens (including phenoxy) is 1. The first kappa shape index (κ1) is 16.4. The Labute approximate surface area is 147 Å². The zero-order valence-electron chi connectivity index (χ0n) is 14.3. The smallest absolute Gasteiger partial charge is 0.225 e. The third-order valence-corrected chi connectivity index (χ3v) is 5.02. The van der Waals surface area contributed by atoms with Crippen molar-refractivity contribution in [1.29, 1.82) is 0 Å². The molecule has 6 heteroatoms. The molecule has 0 saturated carbocycles. The van der Waals surface area contributed by atoms with E-state index in [-0.39, 0.29) is 11.4 Å². The van der Waals surface area contributed by atoms with Gasteiger partial charge in [-0.3, -0.25) is 4.90 Å². The van der Waals surface area contributed by atoms with E-state index in [0.717, 1.165) is 63.7 Å². The van der Waals surface area contributed by atoms with Crippen LogP contribution >= 0.6 is 0 Å². The Morgan fingerprint density at radius 3 is 2.68 bits per heavy atom. The Hall–Kier alpha value is -2.05. The van der Waals surface area contributed by atoms with Crippen molar-refractivity contribution in [2.24, 2.45) is 0 Å². The maximum Gasteiger partial charge on any atom is 0.225 e. The minimum absolute atomic E-state index is 0.171. The van der Waals surface area contributed by atoms with E-state index < -0.39 is 0 Å². The number of anilines is 1. The van der Waals surface area contributed by atoms with Gasteiger partial charge in [-0.2, -0.15) is 0 Å². The van der Waals surface area contributed by atoms with Gasteiger partial charge in [0.15, 0.2) is 0 Å². The summed E-state index contributed by atoms with van der Waals surface area (Å²) >= 11 is 0. The molecule has 2 aliphatic heterocycles. The summed E-state index contributed by atoms with van der Waals surface area (Å²) in [5.74, 6) is 0.591. The first-order chi connectivity index (χ1) is 12.2. The van der Waals surface area contributed by atoms with Gasteiger partial charge in [0, 0.05) is 38.6 Å². The fraction of sp³-hybridized carbons (Fsp3) is 0.474. The second-order valence-corrected chi connectivity index (χ2v) is 6.94. The van der Waals surface area contributed by atoms with Gasteiger partial charge in [-0.15, -0.1) is 0 Å². The molecule has 2 aliphatic rings. The van der Waals surface area contributed by atoms with Crippen molar-refractivity contribution >= 4 is 5.95 Å². The van der Waals surface area contributed by atoms with Gasteiger partial charge in [0.25, 0.3) is 0 Å². The number of hydrogen-bond acceptors (Lipinski definition) is 5. The lowest BCUT2D eigenvalue weighted by molar-refractivity contribution is -0.116. The molecule has 2 aromatic rings. The van der Waals surface area contributed by atoms with Gasteiger partial charge in [0.05, 0.1) is 18.8 Å². The van der Waals surface area contributed by atoms with Crippen LogP contribution in [0.1, 0.15) is 18.4 Å². The Bertz CT molecular complexity index is 692. The van der Waals surface area contributed by atoms with Crippen molar-refractivity contribution < 1.29 is 9.13 Å². The maximum absolute atomic E-state index is 13.1. The summed E-state index contributed by atoms with van der Waals surface area (Å²) in [5, 5.41) is 0. The van der Waals surface area contributed by atoms with Crippen molar-refractivity contribution in [2.45, 2.75) is 25.0 Å². The zero-order valence-corrected chi connectivity index (χ0v) is 14.3. The number of nitrogens with zero attached hydrogens (tertiary/aromatic N) is 4. The van der Waals surface area contributed by atoms with E-state index in [1.54, 1.807) is 12.4 Å². The third kappa shape index (κ3) is 3.80. The molecule has 1 atom stereocenters. The van der Waals surface area contributed by atoms with E-state index in [2.05, 4.69) is 19.8 Å². The van der Waals surface area contributed by atoms with Crippen molar-refractivity contribution in [2.75, 3.05) is 37.7 Å². The van der Waals surface area contributed by atoms with Gasteiger partial charge in [0.2, 0.25) is 5.95 Å². The van der Waals surface area contributed by atoms with Crippen LogP contribution in [0, 0.1) is 5.82 Å². The fourth-order valence-corrected chi connectivity index (χ4v) is 3.88. The van der Waals surface area contributed by atoms with Crippen LogP contribution < -0.4 is 4.90 Å². The average molecular weight is 342 g/mol.